The van der Waals surface area contributed by atoms with Crippen LogP contribution in [-0.2, 0) is 0 Å². The second-order valence-electron chi connectivity index (χ2n) is 14.9. The Bertz CT molecular complexity index is 3050. The monoisotopic (exact) mass is 718 g/mol. The quantitative estimate of drug-likeness (QED) is 0.184. The molecule has 2 unspecified atom stereocenters. The molecule has 0 radical (unpaired) electrons. The predicted molar refractivity (Wildman–Crippen MR) is 230 cm³/mol. The van der Waals surface area contributed by atoms with Crippen LogP contribution in [0.1, 0.15) is 45.7 Å². The SMILES string of the molecule is C1=CC2C(c3ccccc3N2c2ccc3c4ccccc4c4ccccc4c3c2)c2c1oc1c(C3N=C(c4ccccc4)NC(c4ccccc4)=N3)cccc21. The van der Waals surface area contributed by atoms with Gasteiger partial charge in [-0.15, -0.1) is 0 Å². The summed E-state index contributed by atoms with van der Waals surface area (Å²) in [6, 6.07) is 60.6. The minimum absolute atomic E-state index is 0.0674. The van der Waals surface area contributed by atoms with Crippen LogP contribution in [0, 0.1) is 0 Å². The molecule has 264 valence electrons. The van der Waals surface area contributed by atoms with Crippen molar-refractivity contribution in [2.24, 2.45) is 9.98 Å². The molecular weight excluding hydrogens is 685 g/mol. The average molecular weight is 719 g/mol. The maximum atomic E-state index is 6.90. The third-order valence-corrected chi connectivity index (χ3v) is 11.9. The van der Waals surface area contributed by atoms with Crippen molar-refractivity contribution in [1.82, 2.24) is 5.32 Å². The molecule has 3 aliphatic rings. The maximum Gasteiger partial charge on any atom is 0.173 e. The van der Waals surface area contributed by atoms with E-state index in [2.05, 4.69) is 156 Å². The Morgan fingerprint density at radius 2 is 1.05 bits per heavy atom. The largest absolute Gasteiger partial charge is 0.456 e. The molecule has 1 aromatic heterocycles. The van der Waals surface area contributed by atoms with Gasteiger partial charge in [-0.2, -0.15) is 0 Å². The summed E-state index contributed by atoms with van der Waals surface area (Å²) < 4.78 is 6.90. The number of benzene rings is 8. The van der Waals surface area contributed by atoms with Crippen LogP contribution in [0.2, 0.25) is 0 Å². The molecule has 2 aliphatic heterocycles. The normalized spacial score (nSPS) is 17.5. The van der Waals surface area contributed by atoms with E-state index in [1.54, 1.807) is 0 Å². The van der Waals surface area contributed by atoms with Gasteiger partial charge in [0.15, 0.2) is 6.17 Å². The Morgan fingerprint density at radius 1 is 0.500 bits per heavy atom. The molecule has 3 heterocycles. The van der Waals surface area contributed by atoms with Crippen molar-refractivity contribution < 1.29 is 4.42 Å². The van der Waals surface area contributed by atoms with Crippen molar-refractivity contribution in [1.29, 1.82) is 0 Å². The lowest BCUT2D eigenvalue weighted by atomic mass is 9.82. The van der Waals surface area contributed by atoms with Gasteiger partial charge in [-0.3, -0.25) is 0 Å². The van der Waals surface area contributed by atoms with Gasteiger partial charge in [0.05, 0.1) is 6.04 Å². The molecule has 0 spiro atoms. The van der Waals surface area contributed by atoms with Crippen molar-refractivity contribution in [3.63, 3.8) is 0 Å². The lowest BCUT2D eigenvalue weighted by Gasteiger charge is -2.30. The molecule has 56 heavy (non-hydrogen) atoms. The topological polar surface area (TPSA) is 53.1 Å². The third-order valence-electron chi connectivity index (χ3n) is 11.9. The molecule has 5 heteroatoms. The van der Waals surface area contributed by atoms with E-state index in [9.17, 15) is 0 Å². The molecule has 8 aromatic carbocycles. The van der Waals surface area contributed by atoms with Gasteiger partial charge < -0.3 is 14.6 Å². The van der Waals surface area contributed by atoms with E-state index in [1.807, 2.05) is 36.4 Å². The zero-order chi connectivity index (χ0) is 36.7. The van der Waals surface area contributed by atoms with Crippen LogP contribution in [0.25, 0.3) is 49.4 Å². The van der Waals surface area contributed by atoms with Gasteiger partial charge in [-0.25, -0.2) is 9.98 Å². The summed E-state index contributed by atoms with van der Waals surface area (Å²) in [6.07, 6.45) is 4.02. The number of para-hydroxylation sites is 2. The van der Waals surface area contributed by atoms with E-state index in [1.165, 1.54) is 54.8 Å². The average Bonchev–Trinajstić information content (AvgIpc) is 3.83. The number of aliphatic imine (C=N–C) groups is 2. The molecule has 0 fully saturated rings. The highest BCUT2D eigenvalue weighted by Gasteiger charge is 2.43. The number of nitrogens with zero attached hydrogens (tertiary/aromatic N) is 3. The summed E-state index contributed by atoms with van der Waals surface area (Å²) in [5, 5.41) is 12.3. The van der Waals surface area contributed by atoms with Gasteiger partial charge in [0.1, 0.15) is 23.0 Å². The molecule has 9 aromatic rings. The number of amidine groups is 2. The summed E-state index contributed by atoms with van der Waals surface area (Å²) in [4.78, 5) is 12.9. The van der Waals surface area contributed by atoms with E-state index in [0.717, 1.165) is 45.1 Å². The van der Waals surface area contributed by atoms with Crippen LogP contribution in [0.4, 0.5) is 11.4 Å². The number of rotatable bonds is 4. The number of hydrogen-bond donors (Lipinski definition) is 1. The zero-order valence-electron chi connectivity index (χ0n) is 30.3. The number of furan rings is 1. The van der Waals surface area contributed by atoms with Gasteiger partial charge in [0.25, 0.3) is 0 Å². The van der Waals surface area contributed by atoms with Crippen molar-refractivity contribution in [2.45, 2.75) is 18.1 Å². The van der Waals surface area contributed by atoms with E-state index < -0.39 is 6.17 Å². The van der Waals surface area contributed by atoms with E-state index in [-0.39, 0.29) is 12.0 Å². The Hall–Kier alpha value is -7.24. The van der Waals surface area contributed by atoms with Gasteiger partial charge in [0.2, 0.25) is 0 Å². The van der Waals surface area contributed by atoms with Crippen molar-refractivity contribution >= 4 is 72.4 Å². The van der Waals surface area contributed by atoms with E-state index >= 15 is 0 Å². The number of nitrogens with one attached hydrogen (secondary N) is 1. The van der Waals surface area contributed by atoms with Crippen molar-refractivity contribution in [3.05, 3.63) is 210 Å². The van der Waals surface area contributed by atoms with E-state index in [0.29, 0.717) is 0 Å². The molecule has 0 amide bonds. The van der Waals surface area contributed by atoms with E-state index in [4.69, 9.17) is 14.4 Å². The Labute approximate surface area is 323 Å². The first kappa shape index (κ1) is 31.1. The molecular formula is C51H34N4O. The minimum Gasteiger partial charge on any atom is -0.456 e. The van der Waals surface area contributed by atoms with Crippen LogP contribution >= 0.6 is 0 Å². The summed E-state index contributed by atoms with van der Waals surface area (Å²) in [6.45, 7) is 0. The van der Waals surface area contributed by atoms with Gasteiger partial charge in [-0.1, -0.05) is 158 Å². The third kappa shape index (κ3) is 4.61. The summed E-state index contributed by atoms with van der Waals surface area (Å²) >= 11 is 0. The zero-order valence-corrected chi connectivity index (χ0v) is 30.3. The van der Waals surface area contributed by atoms with Crippen LogP contribution < -0.4 is 10.2 Å². The first-order valence-corrected chi connectivity index (χ1v) is 19.3. The molecule has 12 rings (SSSR count). The highest BCUT2D eigenvalue weighted by molar-refractivity contribution is 6.25. The smallest absolute Gasteiger partial charge is 0.173 e. The van der Waals surface area contributed by atoms with Crippen LogP contribution in [0.3, 0.4) is 0 Å². The second-order valence-corrected chi connectivity index (χ2v) is 14.9. The molecule has 1 aliphatic carbocycles. The first-order chi connectivity index (χ1) is 27.8. The Balaban J connectivity index is 1.01. The Kier molecular flexibility index (Phi) is 6.75. The molecule has 1 N–H and O–H groups in total. The molecule has 0 bridgehead atoms. The summed E-state index contributed by atoms with van der Waals surface area (Å²) in [5.41, 5.74) is 8.72. The maximum absolute atomic E-state index is 6.90. The van der Waals surface area contributed by atoms with Crippen molar-refractivity contribution in [3.8, 4) is 0 Å². The molecule has 2 atom stereocenters. The lowest BCUT2D eigenvalue weighted by Crippen LogP contribution is -2.36. The Morgan fingerprint density at radius 3 is 1.73 bits per heavy atom. The van der Waals surface area contributed by atoms with Crippen molar-refractivity contribution in [2.75, 3.05) is 4.90 Å². The highest BCUT2D eigenvalue weighted by Crippen LogP contribution is 2.54. The van der Waals surface area contributed by atoms with Gasteiger partial charge in [-0.05, 0) is 62.2 Å². The number of hydrogen-bond acceptors (Lipinski definition) is 5. The molecule has 5 nitrogen and oxygen atoms in total. The fraction of sp³-hybridized carbons (Fsp3) is 0.0588. The highest BCUT2D eigenvalue weighted by atomic mass is 16.3. The fourth-order valence-corrected chi connectivity index (χ4v) is 9.43. The van der Waals surface area contributed by atoms with Crippen LogP contribution in [0.5, 0.6) is 0 Å². The number of anilines is 2. The van der Waals surface area contributed by atoms with Gasteiger partial charge in [0, 0.05) is 44.9 Å². The fourth-order valence-electron chi connectivity index (χ4n) is 9.43. The van der Waals surface area contributed by atoms with Crippen LogP contribution in [-0.4, -0.2) is 17.7 Å². The number of fused-ring (bicyclic) bond motifs is 13. The molecule has 0 saturated carbocycles. The lowest BCUT2D eigenvalue weighted by molar-refractivity contribution is 0.575. The first-order valence-electron chi connectivity index (χ1n) is 19.3. The summed E-state index contributed by atoms with van der Waals surface area (Å²) in [7, 11) is 0. The minimum atomic E-state index is -0.492. The second kappa shape index (κ2) is 12.1. The predicted octanol–water partition coefficient (Wildman–Crippen LogP) is 12.1. The standard InChI is InChI=1S/C51H34N4O/c1-3-14-31(15-4-1)49-52-50(32-16-5-2-6-17-32)54-51(53-49)41-24-13-23-40-47-45(56-48(40)41)29-28-44-46(47)39-22-11-12-25-43(39)55(44)33-26-27-38-36-20-8-7-18-34(36)35-19-9-10-21-37(35)42(38)30-33/h1-30,44,46,51H,(H,52,53,54). The molecule has 0 saturated heterocycles. The van der Waals surface area contributed by atoms with Gasteiger partial charge >= 0.3 is 0 Å². The van der Waals surface area contributed by atoms with Crippen LogP contribution in [0.15, 0.2) is 190 Å². The summed E-state index contributed by atoms with van der Waals surface area (Å²) in [5.74, 6) is 2.55.